The second-order valence-electron chi connectivity index (χ2n) is 5.91. The Morgan fingerprint density at radius 2 is 1.94 bits per heavy atom. The van der Waals surface area contributed by atoms with E-state index in [1.807, 2.05) is 6.07 Å². The van der Waals surface area contributed by atoms with Gasteiger partial charge in [0.05, 0.1) is 5.56 Å². The van der Waals surface area contributed by atoms with Crippen LogP contribution in [0.1, 0.15) is 50.0 Å². The zero-order valence-corrected chi connectivity index (χ0v) is 12.2. The highest BCUT2D eigenvalue weighted by atomic mass is 79.9. The van der Waals surface area contributed by atoms with Gasteiger partial charge in [-0.2, -0.15) is 0 Å². The van der Waals surface area contributed by atoms with Crippen LogP contribution in [0.3, 0.4) is 0 Å². The fourth-order valence-electron chi connectivity index (χ4n) is 2.79. The van der Waals surface area contributed by atoms with Gasteiger partial charge in [0.25, 0.3) is 0 Å². The normalized spacial score (nSPS) is 20.3. The molecule has 0 saturated heterocycles. The predicted octanol–water partition coefficient (Wildman–Crippen LogP) is 4.10. The molecule has 1 aliphatic heterocycles. The molecule has 0 N–H and O–H groups in total. The molecule has 92 valence electrons. The Hall–Kier alpha value is -0.830. The molecular formula is C14H17BrO2. The standard InChI is InChI=1S/C14H17BrO2/c1-13(2)8-14(3,4)17-12-9(7-16)5-10(15)6-11(12)13/h5-7H,8H2,1-4H3. The van der Waals surface area contributed by atoms with Gasteiger partial charge in [-0.25, -0.2) is 0 Å². The zero-order valence-electron chi connectivity index (χ0n) is 10.6. The van der Waals surface area contributed by atoms with Crippen molar-refractivity contribution in [2.24, 2.45) is 0 Å². The van der Waals surface area contributed by atoms with Crippen LogP contribution in [-0.4, -0.2) is 11.9 Å². The fourth-order valence-corrected chi connectivity index (χ4v) is 3.27. The second kappa shape index (κ2) is 3.84. The maximum absolute atomic E-state index is 11.2. The van der Waals surface area contributed by atoms with E-state index >= 15 is 0 Å². The minimum Gasteiger partial charge on any atom is -0.487 e. The Kier molecular flexibility index (Phi) is 2.85. The summed E-state index contributed by atoms with van der Waals surface area (Å²) in [5.74, 6) is 0.740. The van der Waals surface area contributed by atoms with E-state index in [1.54, 1.807) is 0 Å². The van der Waals surface area contributed by atoms with Crippen LogP contribution < -0.4 is 4.74 Å². The van der Waals surface area contributed by atoms with Gasteiger partial charge < -0.3 is 4.74 Å². The van der Waals surface area contributed by atoms with Crippen LogP contribution in [0.2, 0.25) is 0 Å². The smallest absolute Gasteiger partial charge is 0.153 e. The second-order valence-corrected chi connectivity index (χ2v) is 6.83. The number of hydrogen-bond acceptors (Lipinski definition) is 2. The van der Waals surface area contributed by atoms with Crippen LogP contribution in [0.5, 0.6) is 5.75 Å². The lowest BCUT2D eigenvalue weighted by Crippen LogP contribution is -2.41. The number of carbonyl (C=O) groups excluding carboxylic acids is 1. The molecule has 0 radical (unpaired) electrons. The summed E-state index contributed by atoms with van der Waals surface area (Å²) in [5.41, 5.74) is 1.50. The minimum atomic E-state index is -0.234. The molecule has 0 atom stereocenters. The van der Waals surface area contributed by atoms with Crippen molar-refractivity contribution in [1.29, 1.82) is 0 Å². The molecular weight excluding hydrogens is 280 g/mol. The molecule has 1 heterocycles. The van der Waals surface area contributed by atoms with Gasteiger partial charge in [-0.3, -0.25) is 4.79 Å². The first-order valence-electron chi connectivity index (χ1n) is 5.73. The molecule has 0 aliphatic carbocycles. The summed E-state index contributed by atoms with van der Waals surface area (Å²) in [4.78, 5) is 11.2. The molecule has 2 rings (SSSR count). The van der Waals surface area contributed by atoms with Gasteiger partial charge in [0.2, 0.25) is 0 Å². The van der Waals surface area contributed by atoms with Crippen molar-refractivity contribution in [1.82, 2.24) is 0 Å². The molecule has 1 aromatic rings. The molecule has 0 unspecified atom stereocenters. The topological polar surface area (TPSA) is 26.3 Å². The summed E-state index contributed by atoms with van der Waals surface area (Å²) < 4.78 is 6.91. The van der Waals surface area contributed by atoms with Crippen molar-refractivity contribution in [3.8, 4) is 5.75 Å². The fraction of sp³-hybridized carbons (Fsp3) is 0.500. The molecule has 1 aromatic carbocycles. The highest BCUT2D eigenvalue weighted by molar-refractivity contribution is 9.10. The van der Waals surface area contributed by atoms with E-state index in [1.165, 1.54) is 0 Å². The molecule has 0 amide bonds. The van der Waals surface area contributed by atoms with Gasteiger partial charge in [0.15, 0.2) is 6.29 Å². The zero-order chi connectivity index (χ0) is 12.8. The van der Waals surface area contributed by atoms with E-state index in [4.69, 9.17) is 4.74 Å². The first kappa shape index (κ1) is 12.6. The average molecular weight is 297 g/mol. The van der Waals surface area contributed by atoms with Crippen molar-refractivity contribution >= 4 is 22.2 Å². The summed E-state index contributed by atoms with van der Waals surface area (Å²) in [7, 11) is 0. The molecule has 0 spiro atoms. The van der Waals surface area contributed by atoms with Crippen LogP contribution in [0, 0.1) is 0 Å². The third-order valence-corrected chi connectivity index (χ3v) is 3.64. The van der Waals surface area contributed by atoms with E-state index < -0.39 is 0 Å². The van der Waals surface area contributed by atoms with Crippen LogP contribution in [0.4, 0.5) is 0 Å². The van der Waals surface area contributed by atoms with Gasteiger partial charge in [0.1, 0.15) is 11.4 Å². The number of rotatable bonds is 1. The lowest BCUT2D eigenvalue weighted by molar-refractivity contribution is 0.0523. The van der Waals surface area contributed by atoms with E-state index in [0.717, 1.165) is 28.5 Å². The lowest BCUT2D eigenvalue weighted by atomic mass is 9.73. The average Bonchev–Trinajstić information content (AvgIpc) is 2.16. The Bertz CT molecular complexity index is 475. The minimum absolute atomic E-state index is 0.0125. The van der Waals surface area contributed by atoms with Gasteiger partial charge in [-0.1, -0.05) is 29.8 Å². The van der Waals surface area contributed by atoms with Gasteiger partial charge in [-0.05, 0) is 37.8 Å². The highest BCUT2D eigenvalue weighted by Crippen LogP contribution is 2.46. The number of benzene rings is 1. The number of ether oxygens (including phenoxy) is 1. The maximum Gasteiger partial charge on any atom is 0.153 e. The largest absolute Gasteiger partial charge is 0.487 e. The summed E-state index contributed by atoms with van der Waals surface area (Å²) in [6.07, 6.45) is 1.79. The van der Waals surface area contributed by atoms with Gasteiger partial charge >= 0.3 is 0 Å². The van der Waals surface area contributed by atoms with Crippen LogP contribution in [0.15, 0.2) is 16.6 Å². The van der Waals surface area contributed by atoms with Crippen molar-refractivity contribution in [2.45, 2.75) is 45.1 Å². The van der Waals surface area contributed by atoms with Crippen molar-refractivity contribution < 1.29 is 9.53 Å². The van der Waals surface area contributed by atoms with Gasteiger partial charge in [-0.15, -0.1) is 0 Å². The third-order valence-electron chi connectivity index (χ3n) is 3.18. The monoisotopic (exact) mass is 296 g/mol. The molecule has 2 nitrogen and oxygen atoms in total. The Balaban J connectivity index is 2.69. The summed E-state index contributed by atoms with van der Waals surface area (Å²) in [5, 5.41) is 0. The summed E-state index contributed by atoms with van der Waals surface area (Å²) in [6, 6.07) is 3.86. The van der Waals surface area contributed by atoms with Crippen LogP contribution >= 0.6 is 15.9 Å². The molecule has 1 aliphatic rings. The maximum atomic E-state index is 11.2. The number of carbonyl (C=O) groups is 1. The number of fused-ring (bicyclic) bond motifs is 1. The first-order valence-corrected chi connectivity index (χ1v) is 6.53. The molecule has 0 fully saturated rings. The molecule has 0 bridgehead atoms. The number of aldehydes is 1. The molecule has 17 heavy (non-hydrogen) atoms. The number of hydrogen-bond donors (Lipinski definition) is 0. The quantitative estimate of drug-likeness (QED) is 0.729. The van der Waals surface area contributed by atoms with E-state index in [2.05, 4.69) is 49.7 Å². The summed E-state index contributed by atoms with van der Waals surface area (Å²) in [6.45, 7) is 8.51. The molecule has 3 heteroatoms. The lowest BCUT2D eigenvalue weighted by Gasteiger charge is -2.43. The van der Waals surface area contributed by atoms with E-state index in [9.17, 15) is 4.79 Å². The van der Waals surface area contributed by atoms with Crippen molar-refractivity contribution in [2.75, 3.05) is 0 Å². The third kappa shape index (κ3) is 2.25. The Morgan fingerprint density at radius 3 is 2.53 bits per heavy atom. The Morgan fingerprint density at radius 1 is 1.29 bits per heavy atom. The highest BCUT2D eigenvalue weighted by Gasteiger charge is 2.40. The number of halogens is 1. The van der Waals surface area contributed by atoms with Gasteiger partial charge in [0, 0.05) is 10.0 Å². The first-order chi connectivity index (χ1) is 7.75. The van der Waals surface area contributed by atoms with Crippen molar-refractivity contribution in [3.05, 3.63) is 27.7 Å². The molecule has 0 aromatic heterocycles. The van der Waals surface area contributed by atoms with E-state index in [-0.39, 0.29) is 11.0 Å². The van der Waals surface area contributed by atoms with Crippen molar-refractivity contribution in [3.63, 3.8) is 0 Å². The summed E-state index contributed by atoms with van der Waals surface area (Å²) >= 11 is 3.45. The Labute approximate surface area is 110 Å². The van der Waals surface area contributed by atoms with Crippen LogP contribution in [-0.2, 0) is 5.41 Å². The predicted molar refractivity (Wildman–Crippen MR) is 71.9 cm³/mol. The van der Waals surface area contributed by atoms with E-state index in [0.29, 0.717) is 5.56 Å². The SMILES string of the molecule is CC1(C)CC(C)(C)c2cc(Br)cc(C=O)c2O1. The van der Waals surface area contributed by atoms with Crippen LogP contribution in [0.25, 0.3) is 0 Å². The molecule has 0 saturated carbocycles.